The molecule has 0 saturated carbocycles. The highest BCUT2D eigenvalue weighted by atomic mass is 32.1. The number of rotatable bonds is 3. The lowest BCUT2D eigenvalue weighted by molar-refractivity contribution is 0.169. The Morgan fingerprint density at radius 3 is 2.77 bits per heavy atom. The fraction of sp³-hybridized carbons (Fsp3) is 0.368. The number of hydrogen-bond acceptors (Lipinski definition) is 3. The maximum absolute atomic E-state index is 12.5. The molecule has 7 heteroatoms. The average Bonchev–Trinajstić information content (AvgIpc) is 3.29. The third-order valence-corrected chi connectivity index (χ3v) is 5.83. The van der Waals surface area contributed by atoms with Gasteiger partial charge in [-0.05, 0) is 54.3 Å². The van der Waals surface area contributed by atoms with Crippen LogP contribution < -0.4 is 11.0 Å². The van der Waals surface area contributed by atoms with Gasteiger partial charge in [-0.1, -0.05) is 12.1 Å². The van der Waals surface area contributed by atoms with E-state index in [1.165, 1.54) is 0 Å². The fourth-order valence-electron chi connectivity index (χ4n) is 3.65. The number of thiophene rings is 1. The predicted octanol–water partition coefficient (Wildman–Crippen LogP) is 3.50. The summed E-state index contributed by atoms with van der Waals surface area (Å²) >= 11 is 1.63. The summed E-state index contributed by atoms with van der Waals surface area (Å²) in [7, 11) is 0. The number of carbonyl (C=O) groups excluding carboxylic acids is 1. The van der Waals surface area contributed by atoms with Gasteiger partial charge >= 0.3 is 11.7 Å². The summed E-state index contributed by atoms with van der Waals surface area (Å²) in [6, 6.07) is 9.88. The number of aromatic nitrogens is 2. The third-order valence-electron chi connectivity index (χ3n) is 5.12. The average molecular weight is 370 g/mol. The van der Waals surface area contributed by atoms with Gasteiger partial charge in [-0.2, -0.15) is 11.3 Å². The van der Waals surface area contributed by atoms with Gasteiger partial charge < -0.3 is 15.2 Å². The van der Waals surface area contributed by atoms with Crippen molar-refractivity contribution in [3.05, 3.63) is 57.1 Å². The number of benzene rings is 1. The monoisotopic (exact) mass is 370 g/mol. The number of aromatic amines is 1. The number of urea groups is 1. The van der Waals surface area contributed by atoms with Crippen LogP contribution in [0.15, 0.2) is 45.9 Å². The van der Waals surface area contributed by atoms with Crippen LogP contribution in [0.4, 0.5) is 4.79 Å². The van der Waals surface area contributed by atoms with Gasteiger partial charge in [-0.25, -0.2) is 9.59 Å². The molecular weight excluding hydrogens is 348 g/mol. The Hall–Kier alpha value is -2.54. The first-order valence-corrected chi connectivity index (χ1v) is 9.84. The van der Waals surface area contributed by atoms with Crippen LogP contribution in [0, 0.1) is 0 Å². The van der Waals surface area contributed by atoms with E-state index < -0.39 is 0 Å². The minimum atomic E-state index is -0.0693. The van der Waals surface area contributed by atoms with Crippen molar-refractivity contribution in [1.29, 1.82) is 0 Å². The van der Waals surface area contributed by atoms with Gasteiger partial charge in [0.1, 0.15) is 0 Å². The number of nitrogens with zero attached hydrogens (tertiary/aromatic N) is 2. The smallest absolute Gasteiger partial charge is 0.326 e. The molecule has 1 saturated heterocycles. The molecule has 26 heavy (non-hydrogen) atoms. The first-order chi connectivity index (χ1) is 12.6. The normalized spacial score (nSPS) is 16.7. The van der Waals surface area contributed by atoms with E-state index in [1.807, 2.05) is 52.1 Å². The first kappa shape index (κ1) is 16.9. The van der Waals surface area contributed by atoms with Crippen molar-refractivity contribution >= 4 is 28.4 Å². The van der Waals surface area contributed by atoms with Crippen molar-refractivity contribution < 1.29 is 4.79 Å². The van der Waals surface area contributed by atoms with Gasteiger partial charge in [-0.3, -0.25) is 4.57 Å². The largest absolute Gasteiger partial charge is 0.331 e. The van der Waals surface area contributed by atoms with E-state index in [1.54, 1.807) is 11.3 Å². The van der Waals surface area contributed by atoms with Gasteiger partial charge in [0.05, 0.1) is 17.1 Å². The molecule has 2 N–H and O–H groups in total. The first-order valence-electron chi connectivity index (χ1n) is 8.90. The highest BCUT2D eigenvalue weighted by Gasteiger charge is 2.26. The lowest BCUT2D eigenvalue weighted by atomic mass is 10.0. The summed E-state index contributed by atoms with van der Waals surface area (Å²) in [6.07, 6.45) is 1.56. The maximum atomic E-state index is 12.5. The van der Waals surface area contributed by atoms with E-state index in [-0.39, 0.29) is 23.8 Å². The molecule has 1 aliphatic rings. The number of nitrogens with one attached hydrogen (secondary N) is 2. The van der Waals surface area contributed by atoms with Crippen LogP contribution in [-0.4, -0.2) is 33.6 Å². The number of hydrogen-bond donors (Lipinski definition) is 2. The molecule has 0 unspecified atom stereocenters. The number of piperidine rings is 1. The second kappa shape index (κ2) is 6.99. The molecule has 1 aliphatic heterocycles. The highest BCUT2D eigenvalue weighted by Crippen LogP contribution is 2.25. The van der Waals surface area contributed by atoms with Crippen molar-refractivity contribution in [2.75, 3.05) is 13.1 Å². The lowest BCUT2D eigenvalue weighted by Gasteiger charge is -2.33. The van der Waals surface area contributed by atoms with E-state index >= 15 is 0 Å². The summed E-state index contributed by atoms with van der Waals surface area (Å²) in [4.78, 5) is 29.6. The van der Waals surface area contributed by atoms with Crippen LogP contribution in [0.2, 0.25) is 0 Å². The Balaban J connectivity index is 1.41. The fourth-order valence-corrected chi connectivity index (χ4v) is 4.40. The van der Waals surface area contributed by atoms with Crippen molar-refractivity contribution in [3.63, 3.8) is 0 Å². The SMILES string of the molecule is C[C@@H](NC(=O)N1CCC(n2c(=O)[nH]c3ccccc32)CC1)c1ccsc1. The van der Waals surface area contributed by atoms with E-state index in [0.29, 0.717) is 13.1 Å². The quantitative estimate of drug-likeness (QED) is 0.741. The summed E-state index contributed by atoms with van der Waals surface area (Å²) in [5.41, 5.74) is 2.86. The van der Waals surface area contributed by atoms with Crippen LogP contribution in [0.25, 0.3) is 11.0 Å². The molecule has 0 radical (unpaired) electrons. The van der Waals surface area contributed by atoms with E-state index in [9.17, 15) is 9.59 Å². The molecule has 0 spiro atoms. The Morgan fingerprint density at radius 2 is 2.04 bits per heavy atom. The molecule has 4 rings (SSSR count). The number of imidazole rings is 1. The molecule has 3 heterocycles. The number of H-pyrrole nitrogens is 1. The molecule has 6 nitrogen and oxygen atoms in total. The summed E-state index contributed by atoms with van der Waals surface area (Å²) in [6.45, 7) is 3.30. The molecule has 136 valence electrons. The minimum absolute atomic E-state index is 0.00251. The van der Waals surface area contributed by atoms with Crippen molar-refractivity contribution in [3.8, 4) is 0 Å². The third kappa shape index (κ3) is 3.14. The van der Waals surface area contributed by atoms with Crippen molar-refractivity contribution in [1.82, 2.24) is 19.8 Å². The van der Waals surface area contributed by atoms with Gasteiger partial charge in [0.15, 0.2) is 0 Å². The number of carbonyl (C=O) groups is 1. The molecule has 2 amide bonds. The molecule has 1 aromatic carbocycles. The second-order valence-corrected chi connectivity index (χ2v) is 7.54. The number of para-hydroxylation sites is 2. The summed E-state index contributed by atoms with van der Waals surface area (Å²) in [5.74, 6) is 0. The molecular formula is C19H22N4O2S. The molecule has 3 aromatic rings. The van der Waals surface area contributed by atoms with E-state index in [0.717, 1.165) is 29.4 Å². The van der Waals surface area contributed by atoms with Gasteiger partial charge in [0.2, 0.25) is 0 Å². The van der Waals surface area contributed by atoms with Crippen LogP contribution in [0.3, 0.4) is 0 Å². The zero-order valence-electron chi connectivity index (χ0n) is 14.6. The van der Waals surface area contributed by atoms with Crippen LogP contribution in [0.5, 0.6) is 0 Å². The van der Waals surface area contributed by atoms with Crippen LogP contribution in [0.1, 0.15) is 37.4 Å². The zero-order chi connectivity index (χ0) is 18.1. The van der Waals surface area contributed by atoms with Gasteiger partial charge in [-0.15, -0.1) is 0 Å². The van der Waals surface area contributed by atoms with Crippen LogP contribution in [-0.2, 0) is 0 Å². The molecule has 0 aliphatic carbocycles. The van der Waals surface area contributed by atoms with Crippen molar-refractivity contribution in [2.45, 2.75) is 31.8 Å². The molecule has 0 bridgehead atoms. The van der Waals surface area contributed by atoms with E-state index in [2.05, 4.69) is 15.7 Å². The Labute approximate surface area is 155 Å². The molecule has 2 aromatic heterocycles. The number of fused-ring (bicyclic) bond motifs is 1. The minimum Gasteiger partial charge on any atom is -0.331 e. The molecule has 1 atom stereocenters. The maximum Gasteiger partial charge on any atom is 0.326 e. The van der Waals surface area contributed by atoms with Gasteiger partial charge in [0.25, 0.3) is 0 Å². The summed E-state index contributed by atoms with van der Waals surface area (Å²) in [5, 5.41) is 7.13. The topological polar surface area (TPSA) is 70.1 Å². The number of likely N-dealkylation sites (tertiary alicyclic amines) is 1. The van der Waals surface area contributed by atoms with Crippen molar-refractivity contribution in [2.24, 2.45) is 0 Å². The Morgan fingerprint density at radius 1 is 1.27 bits per heavy atom. The molecule has 1 fully saturated rings. The lowest BCUT2D eigenvalue weighted by Crippen LogP contribution is -2.46. The van der Waals surface area contributed by atoms with Crippen LogP contribution >= 0.6 is 11.3 Å². The second-order valence-electron chi connectivity index (χ2n) is 6.76. The Bertz CT molecular complexity index is 951. The summed E-state index contributed by atoms with van der Waals surface area (Å²) < 4.78 is 1.85. The Kier molecular flexibility index (Phi) is 4.55. The van der Waals surface area contributed by atoms with E-state index in [4.69, 9.17) is 0 Å². The predicted molar refractivity (Wildman–Crippen MR) is 104 cm³/mol. The van der Waals surface area contributed by atoms with Gasteiger partial charge in [0, 0.05) is 19.1 Å². The zero-order valence-corrected chi connectivity index (χ0v) is 15.5. The number of amides is 2. The standard InChI is InChI=1S/C19H22N4O2S/c1-13(14-8-11-26-12-14)20-18(24)22-9-6-15(7-10-22)23-17-5-3-2-4-16(17)21-19(23)25/h2-5,8,11-13,15H,6-7,9-10H2,1H3,(H,20,24)(H,21,25)/t13-/m1/s1. The highest BCUT2D eigenvalue weighted by molar-refractivity contribution is 7.07.